The van der Waals surface area contributed by atoms with Crippen molar-refractivity contribution in [3.63, 3.8) is 0 Å². The van der Waals surface area contributed by atoms with Crippen LogP contribution >= 0.6 is 0 Å². The van der Waals surface area contributed by atoms with Crippen LogP contribution in [0.5, 0.6) is 11.5 Å². The predicted octanol–water partition coefficient (Wildman–Crippen LogP) is 3.06. The molecule has 2 rings (SSSR count). The zero-order chi connectivity index (χ0) is 17.5. The highest BCUT2D eigenvalue weighted by molar-refractivity contribution is 6.03. The van der Waals surface area contributed by atoms with Crippen molar-refractivity contribution >= 4 is 11.6 Å². The molecule has 5 heteroatoms. The maximum atomic E-state index is 12.3. The summed E-state index contributed by atoms with van der Waals surface area (Å²) in [5.74, 6) is 3.69. The average molecular weight is 326 g/mol. The van der Waals surface area contributed by atoms with Gasteiger partial charge in [0.05, 0.1) is 12.9 Å². The van der Waals surface area contributed by atoms with E-state index in [-0.39, 0.29) is 31.2 Å². The molecule has 0 aliphatic carbocycles. The summed E-state index contributed by atoms with van der Waals surface area (Å²) in [7, 11) is 1.51. The fourth-order valence-electron chi connectivity index (χ4n) is 2.16. The molecule has 0 bridgehead atoms. The number of fused-ring (bicyclic) bond motifs is 1. The number of terminal acetylenes is 1. The molecule has 0 fully saturated rings. The molecule has 0 radical (unpaired) electrons. The molecule has 1 aromatic rings. The van der Waals surface area contributed by atoms with E-state index in [2.05, 4.69) is 5.92 Å². The molecule has 1 aliphatic heterocycles. The van der Waals surface area contributed by atoms with Crippen molar-refractivity contribution in [1.82, 2.24) is 0 Å². The molecule has 1 aliphatic rings. The first-order valence-corrected chi connectivity index (χ1v) is 7.39. The Bertz CT molecular complexity index is 750. The summed E-state index contributed by atoms with van der Waals surface area (Å²) >= 11 is 0. The Kier molecular flexibility index (Phi) is 5.80. The van der Waals surface area contributed by atoms with Gasteiger partial charge in [-0.25, -0.2) is 0 Å². The Morgan fingerprint density at radius 2 is 2.04 bits per heavy atom. The Morgan fingerprint density at radius 3 is 2.75 bits per heavy atom. The molecule has 24 heavy (non-hydrogen) atoms. The third kappa shape index (κ3) is 4.26. The van der Waals surface area contributed by atoms with Gasteiger partial charge in [-0.05, 0) is 37.3 Å². The van der Waals surface area contributed by atoms with Gasteiger partial charge in [0.2, 0.25) is 6.79 Å². The van der Waals surface area contributed by atoms with Gasteiger partial charge in [-0.3, -0.25) is 9.59 Å². The highest BCUT2D eigenvalue weighted by atomic mass is 16.7. The molecule has 0 unspecified atom stereocenters. The Balaban J connectivity index is 2.01. The molecule has 0 saturated heterocycles. The van der Waals surface area contributed by atoms with Crippen LogP contribution in [-0.4, -0.2) is 25.5 Å². The van der Waals surface area contributed by atoms with Crippen molar-refractivity contribution in [3.8, 4) is 23.8 Å². The van der Waals surface area contributed by atoms with Crippen LogP contribution in [0, 0.1) is 12.3 Å². The van der Waals surface area contributed by atoms with Gasteiger partial charge in [0.15, 0.2) is 23.1 Å². The standard InChI is InChI=1S/C19H18O5/c1-4-5-14(10-13(2)22-3)16(20)7-8-17(21)15-6-9-18-19(11-15)24-12-23-18/h1,5-6,9-11H,7-8,12H2,2-3H3/b13-10+,14-5+. The summed E-state index contributed by atoms with van der Waals surface area (Å²) in [5, 5.41) is 0. The summed E-state index contributed by atoms with van der Waals surface area (Å²) in [6.07, 6.45) is 8.32. The second kappa shape index (κ2) is 8.02. The number of ketones is 2. The minimum atomic E-state index is -0.210. The van der Waals surface area contributed by atoms with Crippen molar-refractivity contribution in [3.05, 3.63) is 47.2 Å². The molecule has 0 saturated carbocycles. The van der Waals surface area contributed by atoms with Gasteiger partial charge < -0.3 is 14.2 Å². The number of carbonyl (C=O) groups excluding carboxylic acids is 2. The lowest BCUT2D eigenvalue weighted by Gasteiger charge is -2.04. The number of rotatable bonds is 7. The van der Waals surface area contributed by atoms with Crippen LogP contribution in [0.25, 0.3) is 0 Å². The highest BCUT2D eigenvalue weighted by Crippen LogP contribution is 2.32. The van der Waals surface area contributed by atoms with E-state index >= 15 is 0 Å². The second-order valence-corrected chi connectivity index (χ2v) is 5.14. The lowest BCUT2D eigenvalue weighted by molar-refractivity contribution is -0.115. The predicted molar refractivity (Wildman–Crippen MR) is 88.8 cm³/mol. The second-order valence-electron chi connectivity index (χ2n) is 5.14. The first kappa shape index (κ1) is 17.4. The van der Waals surface area contributed by atoms with Gasteiger partial charge in [0.1, 0.15) is 0 Å². The third-order valence-electron chi connectivity index (χ3n) is 3.52. The Hall–Kier alpha value is -3.00. The van der Waals surface area contributed by atoms with Gasteiger partial charge in [-0.2, -0.15) is 0 Å². The SMILES string of the molecule is C#C/C=C(\C=C(/C)OC)C(=O)CCC(=O)c1ccc2c(c1)OCO2. The van der Waals surface area contributed by atoms with Gasteiger partial charge in [-0.15, -0.1) is 6.42 Å². The van der Waals surface area contributed by atoms with Gasteiger partial charge in [-0.1, -0.05) is 5.92 Å². The summed E-state index contributed by atoms with van der Waals surface area (Å²) in [5.41, 5.74) is 0.827. The smallest absolute Gasteiger partial charge is 0.231 e. The van der Waals surface area contributed by atoms with Crippen LogP contribution in [0.3, 0.4) is 0 Å². The molecule has 0 N–H and O–H groups in total. The molecule has 0 amide bonds. The molecular formula is C19H18O5. The minimum Gasteiger partial charge on any atom is -0.501 e. The normalized spacial score (nSPS) is 13.4. The number of Topliss-reactive ketones (excluding diaryl/α,β-unsaturated/α-hetero) is 2. The Morgan fingerprint density at radius 1 is 1.29 bits per heavy atom. The number of benzene rings is 1. The number of hydrogen-bond donors (Lipinski definition) is 0. The van der Waals surface area contributed by atoms with Crippen molar-refractivity contribution in [2.45, 2.75) is 19.8 Å². The van der Waals surface area contributed by atoms with E-state index in [1.165, 1.54) is 13.2 Å². The number of allylic oxidation sites excluding steroid dienone is 4. The van der Waals surface area contributed by atoms with Crippen LogP contribution in [0.2, 0.25) is 0 Å². The van der Waals surface area contributed by atoms with Gasteiger partial charge >= 0.3 is 0 Å². The summed E-state index contributed by atoms with van der Waals surface area (Å²) in [6, 6.07) is 4.97. The van der Waals surface area contributed by atoms with Gasteiger partial charge in [0, 0.05) is 24.0 Å². The van der Waals surface area contributed by atoms with Crippen LogP contribution in [-0.2, 0) is 9.53 Å². The minimum absolute atomic E-state index is 0.0638. The molecule has 1 heterocycles. The lowest BCUT2D eigenvalue weighted by Crippen LogP contribution is -2.07. The summed E-state index contributed by atoms with van der Waals surface area (Å²) < 4.78 is 15.5. The van der Waals surface area contributed by atoms with E-state index in [1.54, 1.807) is 31.2 Å². The first-order chi connectivity index (χ1) is 11.5. The Labute approximate surface area is 140 Å². The third-order valence-corrected chi connectivity index (χ3v) is 3.52. The maximum Gasteiger partial charge on any atom is 0.231 e. The van der Waals surface area contributed by atoms with Crippen molar-refractivity contribution in [2.75, 3.05) is 13.9 Å². The number of hydrogen-bond acceptors (Lipinski definition) is 5. The van der Waals surface area contributed by atoms with Crippen molar-refractivity contribution in [2.24, 2.45) is 0 Å². The van der Waals surface area contributed by atoms with Gasteiger partial charge in [0.25, 0.3) is 0 Å². The van der Waals surface area contributed by atoms with Crippen LogP contribution in [0.1, 0.15) is 30.1 Å². The van der Waals surface area contributed by atoms with E-state index in [0.29, 0.717) is 28.4 Å². The van der Waals surface area contributed by atoms with E-state index in [0.717, 1.165) is 0 Å². The van der Waals surface area contributed by atoms with Crippen molar-refractivity contribution < 1.29 is 23.8 Å². The highest BCUT2D eigenvalue weighted by Gasteiger charge is 2.17. The molecular weight excluding hydrogens is 308 g/mol. The maximum absolute atomic E-state index is 12.3. The zero-order valence-corrected chi connectivity index (χ0v) is 13.6. The number of methoxy groups -OCH3 is 1. The van der Waals surface area contributed by atoms with Crippen molar-refractivity contribution in [1.29, 1.82) is 0 Å². The summed E-state index contributed by atoms with van der Waals surface area (Å²) in [4.78, 5) is 24.5. The van der Waals surface area contributed by atoms with E-state index in [1.807, 2.05) is 0 Å². The monoisotopic (exact) mass is 326 g/mol. The molecule has 1 aromatic carbocycles. The fourth-order valence-corrected chi connectivity index (χ4v) is 2.16. The molecule has 0 spiro atoms. The lowest BCUT2D eigenvalue weighted by atomic mass is 10.0. The van der Waals surface area contributed by atoms with Crippen LogP contribution in [0.15, 0.2) is 41.7 Å². The fraction of sp³-hybridized carbons (Fsp3) is 0.263. The van der Waals surface area contributed by atoms with Crippen LogP contribution in [0.4, 0.5) is 0 Å². The first-order valence-electron chi connectivity index (χ1n) is 7.39. The zero-order valence-electron chi connectivity index (χ0n) is 13.6. The number of carbonyl (C=O) groups is 2. The number of ether oxygens (including phenoxy) is 3. The average Bonchev–Trinajstić information content (AvgIpc) is 3.06. The molecule has 5 nitrogen and oxygen atoms in total. The summed E-state index contributed by atoms with van der Waals surface area (Å²) in [6.45, 7) is 1.87. The van der Waals surface area contributed by atoms with Crippen LogP contribution < -0.4 is 9.47 Å². The molecule has 0 atom stereocenters. The largest absolute Gasteiger partial charge is 0.501 e. The topological polar surface area (TPSA) is 61.8 Å². The quantitative estimate of drug-likeness (QED) is 0.253. The van der Waals surface area contributed by atoms with E-state index < -0.39 is 0 Å². The van der Waals surface area contributed by atoms with E-state index in [4.69, 9.17) is 20.6 Å². The van der Waals surface area contributed by atoms with E-state index in [9.17, 15) is 9.59 Å². The molecule has 124 valence electrons. The molecule has 0 aromatic heterocycles.